The van der Waals surface area contributed by atoms with Crippen LogP contribution in [0.2, 0.25) is 0 Å². The highest BCUT2D eigenvalue weighted by Crippen LogP contribution is 2.28. The van der Waals surface area contributed by atoms with Gasteiger partial charge in [0.05, 0.1) is 6.61 Å². The molecule has 2 unspecified atom stereocenters. The van der Waals surface area contributed by atoms with Crippen LogP contribution in [-0.2, 0) is 4.74 Å². The Morgan fingerprint density at radius 3 is 3.06 bits per heavy atom. The largest absolute Gasteiger partial charge is 0.381 e. The molecule has 2 rings (SSSR count). The normalized spacial score (nSPS) is 22.2. The van der Waals surface area contributed by atoms with Gasteiger partial charge >= 0.3 is 0 Å². The van der Waals surface area contributed by atoms with Crippen LogP contribution in [0.3, 0.4) is 0 Å². The summed E-state index contributed by atoms with van der Waals surface area (Å²) in [6.07, 6.45) is 2.22. The molecule has 1 aromatic carbocycles. The van der Waals surface area contributed by atoms with Gasteiger partial charge in [0, 0.05) is 12.5 Å². The van der Waals surface area contributed by atoms with Gasteiger partial charge in [-0.25, -0.2) is 0 Å². The van der Waals surface area contributed by atoms with Crippen LogP contribution in [0.1, 0.15) is 42.7 Å². The van der Waals surface area contributed by atoms with E-state index in [1.165, 1.54) is 11.1 Å². The van der Waals surface area contributed by atoms with Crippen molar-refractivity contribution in [3.05, 3.63) is 35.4 Å². The molecule has 1 saturated heterocycles. The Morgan fingerprint density at radius 2 is 2.38 bits per heavy atom. The van der Waals surface area contributed by atoms with E-state index in [-0.39, 0.29) is 0 Å². The molecule has 16 heavy (non-hydrogen) atoms. The molecule has 0 aliphatic carbocycles. The van der Waals surface area contributed by atoms with Crippen molar-refractivity contribution in [3.63, 3.8) is 0 Å². The van der Waals surface area contributed by atoms with Crippen LogP contribution in [0.25, 0.3) is 0 Å². The molecule has 0 amide bonds. The zero-order chi connectivity index (χ0) is 11.4. The lowest BCUT2D eigenvalue weighted by Crippen LogP contribution is -2.05. The van der Waals surface area contributed by atoms with Crippen molar-refractivity contribution < 1.29 is 4.74 Å². The summed E-state index contributed by atoms with van der Waals surface area (Å²) in [5.74, 6) is 1.16. The van der Waals surface area contributed by atoms with Crippen LogP contribution >= 0.6 is 0 Å². The first-order valence-electron chi connectivity index (χ1n) is 6.19. The highest BCUT2D eigenvalue weighted by atomic mass is 16.5. The van der Waals surface area contributed by atoms with E-state index in [2.05, 4.69) is 31.2 Å². The van der Waals surface area contributed by atoms with Crippen LogP contribution in [-0.4, -0.2) is 19.8 Å². The van der Waals surface area contributed by atoms with Crippen molar-refractivity contribution in [2.75, 3.05) is 19.8 Å². The lowest BCUT2D eigenvalue weighted by molar-refractivity contribution is 0.194. The summed E-state index contributed by atoms with van der Waals surface area (Å²) in [5.41, 5.74) is 8.45. The topological polar surface area (TPSA) is 35.2 Å². The summed E-state index contributed by atoms with van der Waals surface area (Å²) in [5, 5.41) is 0. The zero-order valence-electron chi connectivity index (χ0n) is 9.99. The van der Waals surface area contributed by atoms with Crippen LogP contribution in [0, 0.1) is 0 Å². The lowest BCUT2D eigenvalue weighted by Gasteiger charge is -2.14. The van der Waals surface area contributed by atoms with Crippen molar-refractivity contribution in [1.82, 2.24) is 0 Å². The average Bonchev–Trinajstić information content (AvgIpc) is 2.83. The standard InChI is InChI=1S/C14H21NO/c1-11(5-7-15)12-3-2-4-13(9-12)14-6-8-16-10-14/h2-4,9,11,14H,5-8,10,15H2,1H3. The summed E-state index contributed by atoms with van der Waals surface area (Å²) < 4.78 is 5.44. The Labute approximate surface area is 97.8 Å². The summed E-state index contributed by atoms with van der Waals surface area (Å²) in [7, 11) is 0. The third kappa shape index (κ3) is 2.63. The predicted molar refractivity (Wildman–Crippen MR) is 66.7 cm³/mol. The summed E-state index contributed by atoms with van der Waals surface area (Å²) in [6, 6.07) is 8.92. The van der Waals surface area contributed by atoms with E-state index in [9.17, 15) is 0 Å². The number of rotatable bonds is 4. The Morgan fingerprint density at radius 1 is 1.50 bits per heavy atom. The van der Waals surface area contributed by atoms with Gasteiger partial charge in [-0.1, -0.05) is 31.2 Å². The summed E-state index contributed by atoms with van der Waals surface area (Å²) in [4.78, 5) is 0. The Kier molecular flexibility index (Phi) is 3.97. The Hall–Kier alpha value is -0.860. The molecule has 1 aliphatic rings. The highest BCUT2D eigenvalue weighted by Gasteiger charge is 2.18. The van der Waals surface area contributed by atoms with Crippen molar-refractivity contribution in [2.45, 2.75) is 31.6 Å². The molecule has 2 nitrogen and oxygen atoms in total. The number of ether oxygens (including phenoxy) is 1. The van der Waals surface area contributed by atoms with E-state index in [0.717, 1.165) is 32.6 Å². The van der Waals surface area contributed by atoms with Gasteiger partial charge in [-0.3, -0.25) is 0 Å². The molecule has 1 heterocycles. The second kappa shape index (κ2) is 5.46. The molecule has 0 saturated carbocycles. The average molecular weight is 219 g/mol. The van der Waals surface area contributed by atoms with E-state index in [1.807, 2.05) is 0 Å². The van der Waals surface area contributed by atoms with Crippen molar-refractivity contribution in [2.24, 2.45) is 5.73 Å². The van der Waals surface area contributed by atoms with Crippen LogP contribution < -0.4 is 5.73 Å². The van der Waals surface area contributed by atoms with E-state index < -0.39 is 0 Å². The first kappa shape index (κ1) is 11.6. The summed E-state index contributed by atoms with van der Waals surface area (Å²) >= 11 is 0. The maximum Gasteiger partial charge on any atom is 0.0535 e. The van der Waals surface area contributed by atoms with Gasteiger partial charge in [-0.2, -0.15) is 0 Å². The Balaban J connectivity index is 2.12. The molecular formula is C14H21NO. The van der Waals surface area contributed by atoms with Gasteiger partial charge in [0.2, 0.25) is 0 Å². The number of hydrogen-bond acceptors (Lipinski definition) is 2. The molecule has 0 radical (unpaired) electrons. The molecule has 2 N–H and O–H groups in total. The van der Waals surface area contributed by atoms with E-state index >= 15 is 0 Å². The fraction of sp³-hybridized carbons (Fsp3) is 0.571. The van der Waals surface area contributed by atoms with Crippen LogP contribution in [0.15, 0.2) is 24.3 Å². The van der Waals surface area contributed by atoms with Crippen molar-refractivity contribution in [1.29, 1.82) is 0 Å². The maximum absolute atomic E-state index is 5.61. The molecule has 2 heteroatoms. The minimum Gasteiger partial charge on any atom is -0.381 e. The maximum atomic E-state index is 5.61. The fourth-order valence-corrected chi connectivity index (χ4v) is 2.33. The third-order valence-electron chi connectivity index (χ3n) is 3.48. The molecule has 1 fully saturated rings. The van der Waals surface area contributed by atoms with Gasteiger partial charge < -0.3 is 10.5 Å². The first-order valence-corrected chi connectivity index (χ1v) is 6.19. The SMILES string of the molecule is CC(CCN)c1cccc(C2CCOC2)c1. The summed E-state index contributed by atoms with van der Waals surface area (Å²) in [6.45, 7) is 4.80. The van der Waals surface area contributed by atoms with Gasteiger partial charge in [0.1, 0.15) is 0 Å². The molecule has 1 aromatic rings. The van der Waals surface area contributed by atoms with E-state index in [4.69, 9.17) is 10.5 Å². The van der Waals surface area contributed by atoms with Gasteiger partial charge in [0.15, 0.2) is 0 Å². The van der Waals surface area contributed by atoms with Gasteiger partial charge in [-0.15, -0.1) is 0 Å². The van der Waals surface area contributed by atoms with E-state index in [0.29, 0.717) is 11.8 Å². The Bertz CT molecular complexity index is 331. The minimum absolute atomic E-state index is 0.562. The zero-order valence-corrected chi connectivity index (χ0v) is 9.99. The molecule has 2 atom stereocenters. The molecule has 1 aliphatic heterocycles. The van der Waals surface area contributed by atoms with Gasteiger partial charge in [0.25, 0.3) is 0 Å². The smallest absolute Gasteiger partial charge is 0.0535 e. The molecule has 0 spiro atoms. The number of nitrogens with two attached hydrogens (primary N) is 1. The lowest BCUT2D eigenvalue weighted by atomic mass is 9.91. The van der Waals surface area contributed by atoms with Crippen LogP contribution in [0.5, 0.6) is 0 Å². The highest BCUT2D eigenvalue weighted by molar-refractivity contribution is 5.29. The molecule has 0 aromatic heterocycles. The number of benzene rings is 1. The molecule has 0 bridgehead atoms. The van der Waals surface area contributed by atoms with E-state index in [1.54, 1.807) is 0 Å². The van der Waals surface area contributed by atoms with Crippen LogP contribution in [0.4, 0.5) is 0 Å². The first-order chi connectivity index (χ1) is 7.81. The quantitative estimate of drug-likeness (QED) is 0.845. The molecule has 88 valence electrons. The third-order valence-corrected chi connectivity index (χ3v) is 3.48. The number of hydrogen-bond donors (Lipinski definition) is 1. The second-order valence-corrected chi connectivity index (χ2v) is 4.71. The predicted octanol–water partition coefficient (Wildman–Crippen LogP) is 2.64. The molecular weight excluding hydrogens is 198 g/mol. The van der Waals surface area contributed by atoms with Crippen molar-refractivity contribution in [3.8, 4) is 0 Å². The van der Waals surface area contributed by atoms with Gasteiger partial charge in [-0.05, 0) is 36.4 Å². The van der Waals surface area contributed by atoms with Crippen molar-refractivity contribution >= 4 is 0 Å². The second-order valence-electron chi connectivity index (χ2n) is 4.71. The fourth-order valence-electron chi connectivity index (χ4n) is 2.33. The minimum atomic E-state index is 0.562. The monoisotopic (exact) mass is 219 g/mol.